The van der Waals surface area contributed by atoms with Crippen LogP contribution in [-0.4, -0.2) is 51.3 Å². The van der Waals surface area contributed by atoms with E-state index in [1.165, 1.54) is 12.1 Å². The summed E-state index contributed by atoms with van der Waals surface area (Å²) in [4.78, 5) is 18.8. The van der Waals surface area contributed by atoms with Gasteiger partial charge in [0.15, 0.2) is 12.3 Å². The second-order valence-corrected chi connectivity index (χ2v) is 8.52. The second kappa shape index (κ2) is 9.40. The van der Waals surface area contributed by atoms with Crippen molar-refractivity contribution in [2.75, 3.05) is 30.7 Å². The molecule has 3 heterocycles. The monoisotopic (exact) mass is 496 g/mol. The third-order valence-electron chi connectivity index (χ3n) is 5.83. The van der Waals surface area contributed by atoms with Crippen LogP contribution in [0.3, 0.4) is 0 Å². The third-order valence-corrected chi connectivity index (χ3v) is 5.83. The number of halogens is 3. The predicted octanol–water partition coefficient (Wildman–Crippen LogP) is 4.90. The number of aromatic nitrogens is 3. The molecule has 0 aliphatic carbocycles. The van der Waals surface area contributed by atoms with Gasteiger partial charge in [0, 0.05) is 36.1 Å². The molecule has 8 nitrogen and oxygen atoms in total. The number of nitrogen functional groups attached to an aromatic ring is 1. The molecule has 5 rings (SSSR count). The van der Waals surface area contributed by atoms with Crippen LogP contribution in [0.25, 0.3) is 16.8 Å². The number of amides is 1. The van der Waals surface area contributed by atoms with E-state index in [4.69, 9.17) is 10.5 Å². The minimum atomic E-state index is -4.54. The van der Waals surface area contributed by atoms with E-state index in [0.29, 0.717) is 24.4 Å². The van der Waals surface area contributed by atoms with Gasteiger partial charge in [0.05, 0.1) is 5.69 Å². The van der Waals surface area contributed by atoms with E-state index < -0.39 is 12.8 Å². The first-order valence-electron chi connectivity index (χ1n) is 11.4. The number of alkyl halides is 3. The van der Waals surface area contributed by atoms with Crippen molar-refractivity contribution in [3.05, 3.63) is 66.4 Å². The van der Waals surface area contributed by atoms with E-state index >= 15 is 0 Å². The highest BCUT2D eigenvalue weighted by molar-refractivity contribution is 5.95. The molecule has 0 spiro atoms. The van der Waals surface area contributed by atoms with Crippen LogP contribution < -0.4 is 15.8 Å². The number of carbonyl (C=O) groups excluding carboxylic acids is 1. The zero-order valence-corrected chi connectivity index (χ0v) is 19.1. The quantitative estimate of drug-likeness (QED) is 0.369. The molecule has 11 heteroatoms. The normalized spacial score (nSPS) is 13.8. The molecule has 1 amide bonds. The van der Waals surface area contributed by atoms with E-state index in [1.807, 2.05) is 18.2 Å². The van der Waals surface area contributed by atoms with Gasteiger partial charge in [-0.3, -0.25) is 4.79 Å². The Morgan fingerprint density at radius 3 is 2.47 bits per heavy atom. The first kappa shape index (κ1) is 23.5. The fourth-order valence-corrected chi connectivity index (χ4v) is 4.04. The Kier molecular flexibility index (Phi) is 6.13. The number of nitrogens with one attached hydrogen (secondary N) is 1. The molecule has 0 unspecified atom stereocenters. The van der Waals surface area contributed by atoms with E-state index in [-0.39, 0.29) is 28.9 Å². The molecule has 0 radical (unpaired) electrons. The number of fused-ring (bicyclic) bond motifs is 1. The molecule has 1 fully saturated rings. The van der Waals surface area contributed by atoms with Crippen LogP contribution in [0.1, 0.15) is 23.2 Å². The number of anilines is 3. The van der Waals surface area contributed by atoms with Crippen LogP contribution in [0.15, 0.2) is 60.8 Å². The molecule has 2 aromatic heterocycles. The van der Waals surface area contributed by atoms with Crippen LogP contribution in [0.4, 0.5) is 30.5 Å². The molecule has 3 N–H and O–H groups in total. The number of rotatable bonds is 6. The summed E-state index contributed by atoms with van der Waals surface area (Å²) in [6.45, 7) is -0.241. The third kappa shape index (κ3) is 5.19. The van der Waals surface area contributed by atoms with Gasteiger partial charge in [0.1, 0.15) is 5.75 Å². The zero-order valence-electron chi connectivity index (χ0n) is 19.1. The predicted molar refractivity (Wildman–Crippen MR) is 129 cm³/mol. The minimum Gasteiger partial charge on any atom is -0.482 e. The van der Waals surface area contributed by atoms with Crippen LogP contribution >= 0.6 is 0 Å². The second-order valence-electron chi connectivity index (χ2n) is 8.52. The van der Waals surface area contributed by atoms with Crippen LogP contribution in [0, 0.1) is 0 Å². The molecule has 0 saturated carbocycles. The lowest BCUT2D eigenvalue weighted by molar-refractivity contribution is -0.153. The van der Waals surface area contributed by atoms with Gasteiger partial charge in [-0.05, 0) is 60.9 Å². The lowest BCUT2D eigenvalue weighted by Gasteiger charge is -2.18. The van der Waals surface area contributed by atoms with E-state index in [9.17, 15) is 18.0 Å². The number of likely N-dealkylation sites (tertiary alicyclic amines) is 1. The highest BCUT2D eigenvalue weighted by atomic mass is 19.4. The van der Waals surface area contributed by atoms with Crippen LogP contribution in [0.5, 0.6) is 5.75 Å². The van der Waals surface area contributed by atoms with E-state index in [2.05, 4.69) is 15.4 Å². The highest BCUT2D eigenvalue weighted by Crippen LogP contribution is 2.31. The summed E-state index contributed by atoms with van der Waals surface area (Å²) in [5.41, 5.74) is 9.25. The lowest BCUT2D eigenvalue weighted by Crippen LogP contribution is -2.27. The maximum Gasteiger partial charge on any atom is 0.422 e. The highest BCUT2D eigenvalue weighted by Gasteiger charge is 2.29. The molecule has 1 aliphatic heterocycles. The summed E-state index contributed by atoms with van der Waals surface area (Å²) >= 11 is 0. The average molecular weight is 496 g/mol. The van der Waals surface area contributed by atoms with Gasteiger partial charge in [0.25, 0.3) is 5.91 Å². The maximum atomic E-state index is 12.9. The lowest BCUT2D eigenvalue weighted by atomic mass is 10.1. The van der Waals surface area contributed by atoms with Crippen molar-refractivity contribution in [2.24, 2.45) is 0 Å². The van der Waals surface area contributed by atoms with Gasteiger partial charge >= 0.3 is 6.18 Å². The summed E-state index contributed by atoms with van der Waals surface area (Å²) in [5, 5.41) is 7.32. The van der Waals surface area contributed by atoms with Crippen molar-refractivity contribution in [2.45, 2.75) is 19.0 Å². The van der Waals surface area contributed by atoms with Gasteiger partial charge < -0.3 is 20.7 Å². The van der Waals surface area contributed by atoms with E-state index in [1.54, 1.807) is 39.9 Å². The average Bonchev–Trinajstić information content (AvgIpc) is 3.52. The number of nitrogens with zero attached hydrogens (tertiary/aromatic N) is 4. The molecule has 1 aliphatic rings. The Bertz CT molecular complexity index is 1400. The number of pyridine rings is 1. The standard InChI is InChI=1S/C25H23F3N6O2/c26-25(27,28)15-36-21-13-17(23(35)33-11-1-2-12-33)5-9-20(21)30-24-31-22-10-6-18(14-34(22)32-24)16-3-7-19(29)8-4-16/h3-10,13-14H,1-2,11-12,15,29H2,(H,30,32). The topological polar surface area (TPSA) is 97.8 Å². The number of hydrogen-bond acceptors (Lipinski definition) is 6. The Balaban J connectivity index is 1.42. The Morgan fingerprint density at radius 1 is 1.03 bits per heavy atom. The summed E-state index contributed by atoms with van der Waals surface area (Å²) in [5.74, 6) is -0.185. The van der Waals surface area contributed by atoms with Crippen molar-refractivity contribution < 1.29 is 22.7 Å². The number of nitrogens with two attached hydrogens (primary N) is 1. The van der Waals surface area contributed by atoms with Gasteiger partial charge in [-0.1, -0.05) is 12.1 Å². The SMILES string of the molecule is Nc1ccc(-c2ccc3nc(Nc4ccc(C(=O)N5CCCC5)cc4OCC(F)(F)F)nn3c2)cc1. The molecular formula is C25H23F3N6O2. The molecule has 0 bridgehead atoms. The summed E-state index contributed by atoms with van der Waals surface area (Å²) in [7, 11) is 0. The van der Waals surface area contributed by atoms with Crippen molar-refractivity contribution in [3.8, 4) is 16.9 Å². The van der Waals surface area contributed by atoms with Crippen molar-refractivity contribution in [1.29, 1.82) is 0 Å². The number of ether oxygens (including phenoxy) is 1. The smallest absolute Gasteiger partial charge is 0.422 e. The summed E-state index contributed by atoms with van der Waals surface area (Å²) in [6.07, 6.45) is -0.936. The fourth-order valence-electron chi connectivity index (χ4n) is 4.04. The van der Waals surface area contributed by atoms with Gasteiger partial charge in [-0.25, -0.2) is 4.52 Å². The van der Waals surface area contributed by atoms with Crippen molar-refractivity contribution in [3.63, 3.8) is 0 Å². The first-order chi connectivity index (χ1) is 17.2. The fraction of sp³-hybridized carbons (Fsp3) is 0.240. The number of benzene rings is 2. The van der Waals surface area contributed by atoms with E-state index in [0.717, 1.165) is 24.0 Å². The van der Waals surface area contributed by atoms with Crippen LogP contribution in [-0.2, 0) is 0 Å². The summed E-state index contributed by atoms with van der Waals surface area (Å²) < 4.78 is 45.3. The van der Waals surface area contributed by atoms with Gasteiger partial charge in [-0.15, -0.1) is 5.10 Å². The molecule has 36 heavy (non-hydrogen) atoms. The Hall–Kier alpha value is -4.28. The number of carbonyl (C=O) groups is 1. The van der Waals surface area contributed by atoms with Gasteiger partial charge in [0.2, 0.25) is 5.95 Å². The maximum absolute atomic E-state index is 12.9. The Morgan fingerprint density at radius 2 is 1.75 bits per heavy atom. The van der Waals surface area contributed by atoms with Crippen molar-refractivity contribution in [1.82, 2.24) is 19.5 Å². The first-order valence-corrected chi connectivity index (χ1v) is 11.4. The largest absolute Gasteiger partial charge is 0.482 e. The minimum absolute atomic E-state index is 0.112. The molecular weight excluding hydrogens is 473 g/mol. The Labute approximate surface area is 204 Å². The molecule has 186 valence electrons. The zero-order chi connectivity index (χ0) is 25.3. The van der Waals surface area contributed by atoms with Gasteiger partial charge in [-0.2, -0.15) is 18.2 Å². The van der Waals surface area contributed by atoms with Crippen LogP contribution in [0.2, 0.25) is 0 Å². The molecule has 0 atom stereocenters. The van der Waals surface area contributed by atoms with Crippen molar-refractivity contribution >= 4 is 28.9 Å². The molecule has 4 aromatic rings. The summed E-state index contributed by atoms with van der Waals surface area (Å²) in [6, 6.07) is 15.4. The number of hydrogen-bond donors (Lipinski definition) is 2. The molecule has 2 aromatic carbocycles. The molecule has 1 saturated heterocycles.